The summed E-state index contributed by atoms with van der Waals surface area (Å²) in [6.07, 6.45) is 4.67. The highest BCUT2D eigenvalue weighted by Crippen LogP contribution is 2.29. The van der Waals surface area contributed by atoms with Crippen LogP contribution in [-0.4, -0.2) is 16.3 Å². The van der Waals surface area contributed by atoms with Crippen molar-refractivity contribution in [1.82, 2.24) is 9.78 Å². The second kappa shape index (κ2) is 6.22. The quantitative estimate of drug-likeness (QED) is 0.880. The molecule has 2 aromatic rings. The second-order valence-electron chi connectivity index (χ2n) is 6.14. The molecular formula is C17H22BrN3. The van der Waals surface area contributed by atoms with E-state index in [1.807, 2.05) is 0 Å². The van der Waals surface area contributed by atoms with Crippen LogP contribution in [0.4, 0.5) is 5.82 Å². The lowest BCUT2D eigenvalue weighted by atomic mass is 10.0. The van der Waals surface area contributed by atoms with Crippen molar-refractivity contribution < 1.29 is 0 Å². The maximum Gasteiger partial charge on any atom is 0.133 e. The Morgan fingerprint density at radius 2 is 2.00 bits per heavy atom. The van der Waals surface area contributed by atoms with E-state index in [0.29, 0.717) is 5.92 Å². The number of nitrogens with one attached hydrogen (secondary N) is 1. The van der Waals surface area contributed by atoms with Gasteiger partial charge in [-0.1, -0.05) is 29.8 Å². The molecule has 0 saturated heterocycles. The number of aromatic nitrogens is 2. The molecule has 0 spiro atoms. The zero-order valence-corrected chi connectivity index (χ0v) is 14.3. The molecule has 0 radical (unpaired) electrons. The van der Waals surface area contributed by atoms with Gasteiger partial charge in [-0.2, -0.15) is 5.10 Å². The maximum atomic E-state index is 4.91. The van der Waals surface area contributed by atoms with E-state index in [1.54, 1.807) is 0 Å². The normalized spacial score (nSPS) is 14.7. The first-order valence-electron chi connectivity index (χ1n) is 7.75. The Kier molecular flexibility index (Phi) is 4.34. The maximum absolute atomic E-state index is 4.91. The fourth-order valence-electron chi connectivity index (χ4n) is 2.89. The highest BCUT2D eigenvalue weighted by atomic mass is 79.9. The molecule has 3 rings (SSSR count). The molecule has 21 heavy (non-hydrogen) atoms. The van der Waals surface area contributed by atoms with E-state index in [4.69, 9.17) is 5.10 Å². The van der Waals surface area contributed by atoms with Crippen LogP contribution in [-0.2, 0) is 12.8 Å². The minimum absolute atomic E-state index is 0.630. The van der Waals surface area contributed by atoms with Crippen molar-refractivity contribution in [2.75, 3.05) is 11.9 Å². The van der Waals surface area contributed by atoms with E-state index in [9.17, 15) is 0 Å². The van der Waals surface area contributed by atoms with Crippen LogP contribution in [0.15, 0.2) is 28.7 Å². The van der Waals surface area contributed by atoms with Gasteiger partial charge in [0.25, 0.3) is 0 Å². The molecule has 0 saturated carbocycles. The molecule has 0 atom stereocenters. The van der Waals surface area contributed by atoms with Crippen LogP contribution in [0.25, 0.3) is 5.69 Å². The molecule has 0 amide bonds. The molecule has 0 aliphatic carbocycles. The summed E-state index contributed by atoms with van der Waals surface area (Å²) in [4.78, 5) is 0. The van der Waals surface area contributed by atoms with E-state index >= 15 is 0 Å². The Balaban J connectivity index is 2.07. The summed E-state index contributed by atoms with van der Waals surface area (Å²) < 4.78 is 3.19. The second-order valence-corrected chi connectivity index (χ2v) is 7.06. The first kappa shape index (κ1) is 14.6. The molecule has 1 aliphatic heterocycles. The topological polar surface area (TPSA) is 29.9 Å². The van der Waals surface area contributed by atoms with Crippen LogP contribution < -0.4 is 5.32 Å². The smallest absolute Gasteiger partial charge is 0.133 e. The molecule has 3 nitrogen and oxygen atoms in total. The van der Waals surface area contributed by atoms with Gasteiger partial charge in [-0.15, -0.1) is 0 Å². The molecule has 2 heterocycles. The number of rotatable bonds is 3. The standard InChI is InChI=1S/C17H22BrN3/c1-12(2)11-16-15-5-3-4-10-19-17(15)21(20-16)14-8-6-13(18)7-9-14/h6-9,12,19H,3-5,10-11H2,1-2H3. The number of hydrogen-bond acceptors (Lipinski definition) is 2. The van der Waals surface area contributed by atoms with Gasteiger partial charge in [0.15, 0.2) is 0 Å². The van der Waals surface area contributed by atoms with Crippen molar-refractivity contribution in [3.05, 3.63) is 40.0 Å². The van der Waals surface area contributed by atoms with Crippen molar-refractivity contribution in [1.29, 1.82) is 0 Å². The Labute approximate surface area is 134 Å². The Morgan fingerprint density at radius 3 is 2.71 bits per heavy atom. The molecule has 0 fully saturated rings. The van der Waals surface area contributed by atoms with Crippen molar-refractivity contribution in [2.45, 2.75) is 39.5 Å². The number of anilines is 1. The Hall–Kier alpha value is -1.29. The minimum Gasteiger partial charge on any atom is -0.370 e. The zero-order chi connectivity index (χ0) is 14.8. The lowest BCUT2D eigenvalue weighted by Crippen LogP contribution is -2.07. The summed E-state index contributed by atoms with van der Waals surface area (Å²) in [5.41, 5.74) is 3.81. The van der Waals surface area contributed by atoms with E-state index in [2.05, 4.69) is 64.0 Å². The van der Waals surface area contributed by atoms with Gasteiger partial charge in [0.05, 0.1) is 11.4 Å². The van der Waals surface area contributed by atoms with Crippen molar-refractivity contribution >= 4 is 21.7 Å². The fraction of sp³-hybridized carbons (Fsp3) is 0.471. The molecule has 1 N–H and O–H groups in total. The average Bonchev–Trinajstić information content (AvgIpc) is 2.63. The average molecular weight is 348 g/mol. The molecule has 0 unspecified atom stereocenters. The van der Waals surface area contributed by atoms with Gasteiger partial charge in [-0.05, 0) is 55.9 Å². The van der Waals surface area contributed by atoms with Gasteiger partial charge >= 0.3 is 0 Å². The van der Waals surface area contributed by atoms with Crippen molar-refractivity contribution in [3.8, 4) is 5.69 Å². The third kappa shape index (κ3) is 3.15. The van der Waals surface area contributed by atoms with Crippen LogP contribution in [0.5, 0.6) is 0 Å². The van der Waals surface area contributed by atoms with Gasteiger partial charge in [-0.3, -0.25) is 0 Å². The van der Waals surface area contributed by atoms with E-state index in [0.717, 1.165) is 29.5 Å². The largest absolute Gasteiger partial charge is 0.370 e. The number of fused-ring (bicyclic) bond motifs is 1. The number of nitrogens with zero attached hydrogens (tertiary/aromatic N) is 2. The predicted octanol–water partition coefficient (Wildman–Crippen LogP) is 4.58. The van der Waals surface area contributed by atoms with E-state index in [-0.39, 0.29) is 0 Å². The van der Waals surface area contributed by atoms with E-state index in [1.165, 1.54) is 29.9 Å². The fourth-order valence-corrected chi connectivity index (χ4v) is 3.16. The van der Waals surface area contributed by atoms with Gasteiger partial charge < -0.3 is 5.32 Å². The van der Waals surface area contributed by atoms with Gasteiger partial charge in [0.1, 0.15) is 5.82 Å². The first-order valence-corrected chi connectivity index (χ1v) is 8.55. The zero-order valence-electron chi connectivity index (χ0n) is 12.7. The lowest BCUT2D eigenvalue weighted by molar-refractivity contribution is 0.622. The Bertz CT molecular complexity index is 614. The number of benzene rings is 1. The van der Waals surface area contributed by atoms with Gasteiger partial charge in [0.2, 0.25) is 0 Å². The van der Waals surface area contributed by atoms with Crippen molar-refractivity contribution in [2.24, 2.45) is 5.92 Å². The lowest BCUT2D eigenvalue weighted by Gasteiger charge is -2.09. The monoisotopic (exact) mass is 347 g/mol. The summed E-state index contributed by atoms with van der Waals surface area (Å²) in [5.74, 6) is 1.83. The molecule has 4 heteroatoms. The number of hydrogen-bond donors (Lipinski definition) is 1. The summed E-state index contributed by atoms with van der Waals surface area (Å²) in [5, 5.41) is 8.50. The molecule has 1 aromatic carbocycles. The third-order valence-electron chi connectivity index (χ3n) is 3.89. The number of halogens is 1. The first-order chi connectivity index (χ1) is 10.1. The molecule has 1 aliphatic rings. The van der Waals surface area contributed by atoms with Crippen LogP contribution in [0.2, 0.25) is 0 Å². The molecule has 0 bridgehead atoms. The summed E-state index contributed by atoms with van der Waals surface area (Å²) in [6, 6.07) is 8.37. The molecular weight excluding hydrogens is 326 g/mol. The molecule has 112 valence electrons. The molecule has 1 aromatic heterocycles. The van der Waals surface area contributed by atoms with Crippen LogP contribution >= 0.6 is 15.9 Å². The predicted molar refractivity (Wildman–Crippen MR) is 91.2 cm³/mol. The van der Waals surface area contributed by atoms with Crippen LogP contribution in [0.3, 0.4) is 0 Å². The van der Waals surface area contributed by atoms with E-state index < -0.39 is 0 Å². The highest BCUT2D eigenvalue weighted by molar-refractivity contribution is 9.10. The summed E-state index contributed by atoms with van der Waals surface area (Å²) >= 11 is 3.50. The SMILES string of the molecule is CC(C)Cc1nn(-c2ccc(Br)cc2)c2c1CCCCN2. The third-order valence-corrected chi connectivity index (χ3v) is 4.41. The van der Waals surface area contributed by atoms with Crippen LogP contribution in [0.1, 0.15) is 37.9 Å². The minimum atomic E-state index is 0.630. The van der Waals surface area contributed by atoms with Crippen LogP contribution in [0, 0.1) is 5.92 Å². The van der Waals surface area contributed by atoms with Crippen molar-refractivity contribution in [3.63, 3.8) is 0 Å². The highest BCUT2D eigenvalue weighted by Gasteiger charge is 2.20. The Morgan fingerprint density at radius 1 is 1.24 bits per heavy atom. The summed E-state index contributed by atoms with van der Waals surface area (Å²) in [7, 11) is 0. The summed E-state index contributed by atoms with van der Waals surface area (Å²) in [6.45, 7) is 5.56. The van der Waals surface area contributed by atoms with Gasteiger partial charge in [-0.25, -0.2) is 4.68 Å². The van der Waals surface area contributed by atoms with Gasteiger partial charge in [0, 0.05) is 16.6 Å².